The van der Waals surface area contributed by atoms with Gasteiger partial charge in [-0.1, -0.05) is 50.2 Å². The first-order chi connectivity index (χ1) is 13.8. The van der Waals surface area contributed by atoms with E-state index in [9.17, 15) is 0 Å². The topological polar surface area (TPSA) is 25.4 Å². The molecule has 0 aliphatic carbocycles. The van der Waals surface area contributed by atoms with E-state index in [0.29, 0.717) is 6.61 Å². The average Bonchev–Trinajstić information content (AvgIpc) is 3.26. The predicted molar refractivity (Wildman–Crippen MR) is 122 cm³/mol. The van der Waals surface area contributed by atoms with Crippen molar-refractivity contribution in [2.75, 3.05) is 32.0 Å². The lowest BCUT2D eigenvalue weighted by molar-refractivity contribution is 0.223. The summed E-state index contributed by atoms with van der Waals surface area (Å²) in [6.45, 7) is 8.11. The number of rotatable bonds is 11. The number of aromatic nitrogens is 1. The Bertz CT molecular complexity index is 818. The largest absolute Gasteiger partial charge is 0.491 e. The number of likely N-dealkylation sites (N-methyl/N-ethyl adjacent to an activating group) is 1. The van der Waals surface area contributed by atoms with Crippen molar-refractivity contribution in [2.24, 2.45) is 0 Å². The molecule has 0 saturated heterocycles. The van der Waals surface area contributed by atoms with Crippen molar-refractivity contribution < 1.29 is 4.74 Å². The van der Waals surface area contributed by atoms with E-state index in [1.54, 1.807) is 11.3 Å². The van der Waals surface area contributed by atoms with Crippen molar-refractivity contribution in [1.29, 1.82) is 0 Å². The summed E-state index contributed by atoms with van der Waals surface area (Å²) in [5, 5.41) is 3.06. The molecule has 0 spiro atoms. The number of benzene rings is 2. The highest BCUT2D eigenvalue weighted by Gasteiger charge is 2.15. The van der Waals surface area contributed by atoms with Crippen LogP contribution in [0.2, 0.25) is 0 Å². The molecule has 0 amide bonds. The van der Waals surface area contributed by atoms with Gasteiger partial charge in [-0.15, -0.1) is 23.1 Å². The van der Waals surface area contributed by atoms with Crippen LogP contribution in [0.15, 0.2) is 65.0 Å². The van der Waals surface area contributed by atoms with Crippen molar-refractivity contribution >= 4 is 23.1 Å². The highest BCUT2D eigenvalue weighted by Crippen LogP contribution is 2.39. The minimum Gasteiger partial charge on any atom is -0.491 e. The summed E-state index contributed by atoms with van der Waals surface area (Å²) in [5.74, 6) is 1.97. The van der Waals surface area contributed by atoms with E-state index < -0.39 is 0 Å². The number of hydrogen-bond acceptors (Lipinski definition) is 5. The molecule has 0 fully saturated rings. The second-order valence-corrected chi connectivity index (χ2v) is 8.46. The third-order valence-electron chi connectivity index (χ3n) is 4.68. The van der Waals surface area contributed by atoms with Crippen LogP contribution >= 0.6 is 23.1 Å². The Morgan fingerprint density at radius 3 is 2.57 bits per heavy atom. The number of aryl methyl sites for hydroxylation is 1. The van der Waals surface area contributed by atoms with Gasteiger partial charge in [-0.25, -0.2) is 4.98 Å². The van der Waals surface area contributed by atoms with Gasteiger partial charge in [0.25, 0.3) is 0 Å². The zero-order valence-corrected chi connectivity index (χ0v) is 18.3. The Hall–Kier alpha value is -1.82. The van der Waals surface area contributed by atoms with Crippen LogP contribution in [0, 0.1) is 0 Å². The fourth-order valence-electron chi connectivity index (χ4n) is 3.06. The lowest BCUT2D eigenvalue weighted by Gasteiger charge is -2.19. The summed E-state index contributed by atoms with van der Waals surface area (Å²) in [4.78, 5) is 8.18. The third-order valence-corrected chi connectivity index (χ3v) is 6.53. The fourth-order valence-corrected chi connectivity index (χ4v) is 4.90. The first-order valence-corrected chi connectivity index (χ1v) is 11.7. The van der Waals surface area contributed by atoms with Crippen molar-refractivity contribution in [3.63, 3.8) is 0 Å². The maximum absolute atomic E-state index is 6.21. The van der Waals surface area contributed by atoms with Gasteiger partial charge in [0.1, 0.15) is 17.4 Å². The average molecular weight is 413 g/mol. The zero-order chi connectivity index (χ0) is 19.6. The molecular formula is C23H28N2OS2. The number of nitrogens with zero attached hydrogens (tertiary/aromatic N) is 2. The van der Waals surface area contributed by atoms with E-state index in [-0.39, 0.29) is 0 Å². The predicted octanol–water partition coefficient (Wildman–Crippen LogP) is 5.87. The van der Waals surface area contributed by atoms with E-state index in [4.69, 9.17) is 4.74 Å². The highest BCUT2D eigenvalue weighted by molar-refractivity contribution is 7.99. The summed E-state index contributed by atoms with van der Waals surface area (Å²) in [5.41, 5.74) is 2.51. The van der Waals surface area contributed by atoms with Crippen LogP contribution in [-0.2, 0) is 6.42 Å². The van der Waals surface area contributed by atoms with Crippen LogP contribution in [0.3, 0.4) is 0 Å². The molecule has 2 aromatic carbocycles. The monoisotopic (exact) mass is 412 g/mol. The SMILES string of the molecule is CCN(CC)CCOc1cccc(SCCc2ccccc2)c1-c1nccs1. The molecule has 0 unspecified atom stereocenters. The van der Waals surface area contributed by atoms with Crippen molar-refractivity contribution in [2.45, 2.75) is 25.2 Å². The van der Waals surface area contributed by atoms with Gasteiger partial charge in [0.2, 0.25) is 0 Å². The number of thioether (sulfide) groups is 1. The number of thiazole rings is 1. The first-order valence-electron chi connectivity index (χ1n) is 9.86. The van der Waals surface area contributed by atoms with Gasteiger partial charge >= 0.3 is 0 Å². The number of ether oxygens (including phenoxy) is 1. The maximum atomic E-state index is 6.21. The minimum atomic E-state index is 0.693. The highest BCUT2D eigenvalue weighted by atomic mass is 32.2. The molecule has 1 heterocycles. The Morgan fingerprint density at radius 2 is 1.86 bits per heavy atom. The van der Waals surface area contributed by atoms with Crippen LogP contribution in [0.5, 0.6) is 5.75 Å². The summed E-state index contributed by atoms with van der Waals surface area (Å²) < 4.78 is 6.21. The van der Waals surface area contributed by atoms with Crippen LogP contribution < -0.4 is 4.74 Å². The summed E-state index contributed by atoms with van der Waals surface area (Å²) in [6, 6.07) is 17.0. The zero-order valence-electron chi connectivity index (χ0n) is 16.6. The molecule has 3 rings (SSSR count). The molecule has 0 aliphatic heterocycles. The van der Waals surface area contributed by atoms with Gasteiger partial charge in [-0.3, -0.25) is 0 Å². The smallest absolute Gasteiger partial charge is 0.130 e. The van der Waals surface area contributed by atoms with E-state index >= 15 is 0 Å². The molecule has 1 aromatic heterocycles. The second kappa shape index (κ2) is 11.2. The second-order valence-electron chi connectivity index (χ2n) is 6.43. The normalized spacial score (nSPS) is 11.1. The van der Waals surface area contributed by atoms with Gasteiger partial charge in [-0.05, 0) is 37.2 Å². The molecule has 148 valence electrons. The quantitative estimate of drug-likeness (QED) is 0.368. The van der Waals surface area contributed by atoms with Gasteiger partial charge in [-0.2, -0.15) is 0 Å². The molecular weight excluding hydrogens is 384 g/mol. The molecule has 3 aromatic rings. The lowest BCUT2D eigenvalue weighted by atomic mass is 10.2. The molecule has 0 aliphatic rings. The maximum Gasteiger partial charge on any atom is 0.130 e. The van der Waals surface area contributed by atoms with Gasteiger partial charge in [0.05, 0.1) is 5.56 Å². The minimum absolute atomic E-state index is 0.693. The van der Waals surface area contributed by atoms with Gasteiger partial charge < -0.3 is 9.64 Å². The Labute approximate surface area is 176 Å². The fraction of sp³-hybridized carbons (Fsp3) is 0.348. The van der Waals surface area contributed by atoms with Crippen LogP contribution in [0.4, 0.5) is 0 Å². The summed E-state index contributed by atoms with van der Waals surface area (Å²) in [7, 11) is 0. The molecule has 28 heavy (non-hydrogen) atoms. The molecule has 5 heteroatoms. The van der Waals surface area contributed by atoms with Crippen LogP contribution in [0.1, 0.15) is 19.4 Å². The molecule has 0 N–H and O–H groups in total. The molecule has 0 radical (unpaired) electrons. The van der Waals surface area contributed by atoms with Crippen LogP contribution in [-0.4, -0.2) is 41.9 Å². The Balaban J connectivity index is 1.72. The van der Waals surface area contributed by atoms with E-state index in [0.717, 1.165) is 48.1 Å². The van der Waals surface area contributed by atoms with Crippen molar-refractivity contribution in [3.8, 4) is 16.3 Å². The van der Waals surface area contributed by atoms with E-state index in [1.807, 2.05) is 23.3 Å². The molecule has 3 nitrogen and oxygen atoms in total. The third kappa shape index (κ3) is 5.84. The standard InChI is InChI=1S/C23H28N2OS2/c1-3-25(4-2)15-16-26-20-11-8-12-21(22(20)23-24-14-18-28-23)27-17-13-19-9-6-5-7-10-19/h5-12,14,18H,3-4,13,15-17H2,1-2H3. The van der Waals surface area contributed by atoms with Gasteiger partial charge in [0, 0.05) is 28.8 Å². The van der Waals surface area contributed by atoms with E-state index in [1.165, 1.54) is 10.5 Å². The first kappa shape index (κ1) is 20.9. The van der Waals surface area contributed by atoms with Crippen molar-refractivity contribution in [3.05, 3.63) is 65.7 Å². The molecule has 0 bridgehead atoms. The van der Waals surface area contributed by atoms with E-state index in [2.05, 4.69) is 72.3 Å². The van der Waals surface area contributed by atoms with Gasteiger partial charge in [0.15, 0.2) is 0 Å². The lowest BCUT2D eigenvalue weighted by Crippen LogP contribution is -2.28. The summed E-state index contributed by atoms with van der Waals surface area (Å²) in [6.07, 6.45) is 2.92. The Morgan fingerprint density at radius 1 is 1.04 bits per heavy atom. The summed E-state index contributed by atoms with van der Waals surface area (Å²) >= 11 is 3.55. The number of hydrogen-bond donors (Lipinski definition) is 0. The van der Waals surface area contributed by atoms with Crippen molar-refractivity contribution in [1.82, 2.24) is 9.88 Å². The molecule has 0 atom stereocenters. The van der Waals surface area contributed by atoms with Crippen LogP contribution in [0.25, 0.3) is 10.6 Å². The Kier molecular flexibility index (Phi) is 8.40. The molecule has 0 saturated carbocycles.